The van der Waals surface area contributed by atoms with Crippen molar-refractivity contribution < 1.29 is 28.7 Å². The van der Waals surface area contributed by atoms with Gasteiger partial charge in [-0.05, 0) is 109 Å². The Labute approximate surface area is 340 Å². The molecule has 0 aliphatic carbocycles. The molecular formula is C46H56N6O6. The normalized spacial score (nSPS) is 18.1. The summed E-state index contributed by atoms with van der Waals surface area (Å²) in [5, 5.41) is 0. The van der Waals surface area contributed by atoms with Gasteiger partial charge in [-0.1, -0.05) is 52.0 Å². The second kappa shape index (κ2) is 16.8. The van der Waals surface area contributed by atoms with Gasteiger partial charge in [0.1, 0.15) is 11.6 Å². The van der Waals surface area contributed by atoms with Crippen molar-refractivity contribution in [3.63, 3.8) is 0 Å². The molecule has 12 heteroatoms. The number of hydrogen-bond acceptors (Lipinski definition) is 8. The minimum Gasteiger partial charge on any atom is -0.469 e. The van der Waals surface area contributed by atoms with Crippen LogP contribution in [0.4, 0.5) is 0 Å². The number of nitrogens with one attached hydrogen (secondary N) is 2. The molecule has 306 valence electrons. The lowest BCUT2D eigenvalue weighted by atomic mass is 9.91. The number of esters is 2. The summed E-state index contributed by atoms with van der Waals surface area (Å²) in [7, 11) is 2.72. The van der Waals surface area contributed by atoms with Crippen LogP contribution in [0, 0.1) is 37.5 Å². The van der Waals surface area contributed by atoms with Crippen LogP contribution in [0.1, 0.15) is 101 Å². The molecule has 2 saturated heterocycles. The molecule has 0 saturated carbocycles. The van der Waals surface area contributed by atoms with Crippen LogP contribution in [0.5, 0.6) is 0 Å². The number of nitrogens with zero attached hydrogens (tertiary/aromatic N) is 4. The number of aromatic nitrogens is 4. The zero-order chi connectivity index (χ0) is 41.4. The van der Waals surface area contributed by atoms with Gasteiger partial charge >= 0.3 is 11.9 Å². The van der Waals surface area contributed by atoms with E-state index < -0.39 is 11.8 Å². The predicted octanol–water partition coefficient (Wildman–Crippen LogP) is 8.39. The second-order valence-corrected chi connectivity index (χ2v) is 16.8. The number of H-pyrrole nitrogens is 2. The lowest BCUT2D eigenvalue weighted by Crippen LogP contribution is -2.39. The zero-order valence-electron chi connectivity index (χ0n) is 35.0. The number of carbonyl (C=O) groups is 4. The quantitative estimate of drug-likeness (QED) is 0.120. The van der Waals surface area contributed by atoms with E-state index in [1.54, 1.807) is 0 Å². The third-order valence-electron chi connectivity index (χ3n) is 12.4. The van der Waals surface area contributed by atoms with Gasteiger partial charge in [0.25, 0.3) is 0 Å². The van der Waals surface area contributed by atoms with Gasteiger partial charge in [0.2, 0.25) is 11.8 Å². The minimum absolute atomic E-state index is 0.00162. The monoisotopic (exact) mass is 788 g/mol. The Morgan fingerprint density at radius 2 is 1.05 bits per heavy atom. The summed E-state index contributed by atoms with van der Waals surface area (Å²) < 4.78 is 9.80. The Kier molecular flexibility index (Phi) is 11.7. The van der Waals surface area contributed by atoms with Gasteiger partial charge in [-0.2, -0.15) is 0 Å². The molecule has 2 fully saturated rings. The van der Waals surface area contributed by atoms with Gasteiger partial charge in [0, 0.05) is 13.1 Å². The second-order valence-electron chi connectivity index (χ2n) is 16.8. The maximum Gasteiger partial charge on any atom is 0.306 e. The Balaban J connectivity index is 1.11. The third kappa shape index (κ3) is 7.98. The van der Waals surface area contributed by atoms with Crippen LogP contribution in [0.3, 0.4) is 0 Å². The highest BCUT2D eigenvalue weighted by molar-refractivity contribution is 5.88. The van der Waals surface area contributed by atoms with Gasteiger partial charge in [-0.3, -0.25) is 19.2 Å². The first kappa shape index (κ1) is 40.7. The summed E-state index contributed by atoms with van der Waals surface area (Å²) in [6, 6.07) is 16.7. The Hall–Kier alpha value is -5.52. The van der Waals surface area contributed by atoms with Crippen molar-refractivity contribution in [3.05, 3.63) is 71.3 Å². The summed E-state index contributed by atoms with van der Waals surface area (Å²) in [4.78, 5) is 72.5. The van der Waals surface area contributed by atoms with Gasteiger partial charge in [0.15, 0.2) is 0 Å². The SMILES string of the molecule is COC(=O)C[C@H](C(=O)N1CCCC1c1nc2ccc(-c3cc(C)c(-c4ccc5nc([C@@H]6CCCN6C(=O)[C@@H](CC(=O)OC)C(C)C)[nH]c5c4)cc3C)cc2[nH]1)C(C)C. The summed E-state index contributed by atoms with van der Waals surface area (Å²) in [5.74, 6) is -0.141. The number of hydrogen-bond donors (Lipinski definition) is 2. The highest BCUT2D eigenvalue weighted by atomic mass is 16.5. The van der Waals surface area contributed by atoms with Crippen LogP contribution in [0.15, 0.2) is 48.5 Å². The standard InChI is InChI=1S/C46H56N6O6/c1-25(2)31(23-41(53)57-7)45(55)51-17-9-11-39(51)43-47-35-15-13-29(21-37(35)49-43)33-19-28(6)34(20-27(33)5)30-14-16-36-38(22-30)50-44(48-36)40-12-10-18-52(40)46(56)32(26(3)4)24-42(54)58-8/h13-16,19-22,25-26,31-32,39-40H,9-12,17-18,23-24H2,1-8H3,(H,47,49)(H,48,50)/t31-,32-,39-,40?/m0/s1. The van der Waals surface area contributed by atoms with Gasteiger partial charge < -0.3 is 29.2 Å². The minimum atomic E-state index is -0.443. The van der Waals surface area contributed by atoms with Crippen molar-refractivity contribution in [3.8, 4) is 22.3 Å². The van der Waals surface area contributed by atoms with Crippen molar-refractivity contribution in [2.75, 3.05) is 27.3 Å². The molecule has 2 aromatic heterocycles. The lowest BCUT2D eigenvalue weighted by molar-refractivity contribution is -0.148. The molecule has 2 aliphatic heterocycles. The molecule has 1 unspecified atom stereocenters. The number of aromatic amines is 2. The molecule has 2 N–H and O–H groups in total. The summed E-state index contributed by atoms with van der Waals surface area (Å²) >= 11 is 0. The Bertz CT molecular complexity index is 2200. The third-order valence-corrected chi connectivity index (χ3v) is 12.4. The van der Waals surface area contributed by atoms with E-state index in [1.165, 1.54) is 14.2 Å². The van der Waals surface area contributed by atoms with E-state index in [9.17, 15) is 19.2 Å². The van der Waals surface area contributed by atoms with E-state index in [0.29, 0.717) is 13.1 Å². The molecule has 12 nitrogen and oxygen atoms in total. The van der Waals surface area contributed by atoms with Crippen LogP contribution in [-0.2, 0) is 28.7 Å². The number of ether oxygens (including phenoxy) is 2. The van der Waals surface area contributed by atoms with E-state index in [4.69, 9.17) is 19.4 Å². The first-order valence-corrected chi connectivity index (χ1v) is 20.6. The number of aryl methyl sites for hydroxylation is 2. The maximum absolute atomic E-state index is 13.8. The van der Waals surface area contributed by atoms with E-state index in [0.717, 1.165) is 92.8 Å². The molecular weight excluding hydrogens is 733 g/mol. The fourth-order valence-corrected chi connectivity index (χ4v) is 8.95. The van der Waals surface area contributed by atoms with E-state index in [1.807, 2.05) is 49.6 Å². The molecule has 58 heavy (non-hydrogen) atoms. The number of rotatable bonds is 12. The van der Waals surface area contributed by atoms with Crippen LogP contribution in [0.25, 0.3) is 44.3 Å². The predicted molar refractivity (Wildman–Crippen MR) is 223 cm³/mol. The van der Waals surface area contributed by atoms with Crippen LogP contribution in [-0.4, -0.2) is 80.8 Å². The van der Waals surface area contributed by atoms with Gasteiger partial charge in [0.05, 0.1) is 73.0 Å². The smallest absolute Gasteiger partial charge is 0.306 e. The van der Waals surface area contributed by atoms with Crippen molar-refractivity contribution in [1.29, 1.82) is 0 Å². The summed E-state index contributed by atoms with van der Waals surface area (Å²) in [6.07, 6.45) is 3.50. The van der Waals surface area contributed by atoms with E-state index in [-0.39, 0.29) is 60.5 Å². The fourth-order valence-electron chi connectivity index (χ4n) is 8.95. The van der Waals surface area contributed by atoms with Crippen molar-refractivity contribution in [2.45, 2.75) is 92.2 Å². The number of amides is 2. The Morgan fingerprint density at radius 1 is 0.655 bits per heavy atom. The van der Waals surface area contributed by atoms with Crippen LogP contribution in [0.2, 0.25) is 0 Å². The number of imidazole rings is 2. The van der Waals surface area contributed by atoms with Crippen LogP contribution < -0.4 is 0 Å². The molecule has 0 spiro atoms. The molecule has 7 rings (SSSR count). The van der Waals surface area contributed by atoms with Crippen molar-refractivity contribution in [2.24, 2.45) is 23.7 Å². The molecule has 3 aromatic carbocycles. The van der Waals surface area contributed by atoms with Gasteiger partial charge in [-0.25, -0.2) is 9.97 Å². The Morgan fingerprint density at radius 3 is 1.41 bits per heavy atom. The first-order valence-electron chi connectivity index (χ1n) is 20.6. The number of benzene rings is 3. The van der Waals surface area contributed by atoms with Crippen molar-refractivity contribution >= 4 is 45.8 Å². The van der Waals surface area contributed by atoms with E-state index >= 15 is 0 Å². The van der Waals surface area contributed by atoms with Crippen LogP contribution >= 0.6 is 0 Å². The number of methoxy groups -OCH3 is 2. The number of carbonyl (C=O) groups excluding carboxylic acids is 4. The molecule has 4 atom stereocenters. The lowest BCUT2D eigenvalue weighted by Gasteiger charge is -2.29. The summed E-state index contributed by atoms with van der Waals surface area (Å²) in [5.41, 5.74) is 10.2. The summed E-state index contributed by atoms with van der Waals surface area (Å²) in [6.45, 7) is 13.4. The molecule has 4 heterocycles. The highest BCUT2D eigenvalue weighted by Gasteiger charge is 2.39. The zero-order valence-corrected chi connectivity index (χ0v) is 35.0. The van der Waals surface area contributed by atoms with E-state index in [2.05, 4.69) is 60.2 Å². The fraction of sp³-hybridized carbons (Fsp3) is 0.478. The first-order chi connectivity index (χ1) is 27.8. The maximum atomic E-state index is 13.8. The largest absolute Gasteiger partial charge is 0.469 e. The molecule has 0 radical (unpaired) electrons. The topological polar surface area (TPSA) is 151 Å². The average molecular weight is 789 g/mol. The molecule has 2 aliphatic rings. The molecule has 0 bridgehead atoms. The number of likely N-dealkylation sites (tertiary alicyclic amines) is 2. The van der Waals surface area contributed by atoms with Gasteiger partial charge in [-0.15, -0.1) is 0 Å². The molecule has 2 amide bonds. The highest BCUT2D eigenvalue weighted by Crippen LogP contribution is 2.39. The number of fused-ring (bicyclic) bond motifs is 2. The molecule has 5 aromatic rings. The average Bonchev–Trinajstić information content (AvgIpc) is 4.03. The van der Waals surface area contributed by atoms with Crippen molar-refractivity contribution in [1.82, 2.24) is 29.7 Å².